The van der Waals surface area contributed by atoms with Gasteiger partial charge in [-0.25, -0.2) is 22.1 Å². The van der Waals surface area contributed by atoms with Crippen LogP contribution in [0.3, 0.4) is 0 Å². The van der Waals surface area contributed by atoms with Gasteiger partial charge in [-0.1, -0.05) is 22.8 Å². The highest BCUT2D eigenvalue weighted by Gasteiger charge is 2.40. The molecule has 4 heterocycles. The molecule has 9 nitrogen and oxygen atoms in total. The molecule has 0 unspecified atom stereocenters. The molecule has 0 aliphatic carbocycles. The van der Waals surface area contributed by atoms with E-state index in [1.54, 1.807) is 11.0 Å². The predicted molar refractivity (Wildman–Crippen MR) is 146 cm³/mol. The monoisotopic (exact) mass is 571 g/mol. The molecule has 39 heavy (non-hydrogen) atoms. The second kappa shape index (κ2) is 9.42. The van der Waals surface area contributed by atoms with Gasteiger partial charge in [0.05, 0.1) is 40.1 Å². The summed E-state index contributed by atoms with van der Waals surface area (Å²) in [4.78, 5) is 19.8. The summed E-state index contributed by atoms with van der Waals surface area (Å²) < 4.78 is 47.5. The lowest BCUT2D eigenvalue weighted by atomic mass is 10.0. The van der Waals surface area contributed by atoms with Crippen LogP contribution in [-0.2, 0) is 14.8 Å². The molecule has 2 aromatic heterocycles. The molecule has 1 amide bonds. The fourth-order valence-corrected chi connectivity index (χ4v) is 6.95. The maximum absolute atomic E-state index is 13.9. The Morgan fingerprint density at radius 2 is 1.92 bits per heavy atom. The summed E-state index contributed by atoms with van der Waals surface area (Å²) in [5.41, 5.74) is 4.63. The summed E-state index contributed by atoms with van der Waals surface area (Å²) in [6.45, 7) is 4.46. The Balaban J connectivity index is 1.51. The van der Waals surface area contributed by atoms with Crippen molar-refractivity contribution in [3.05, 3.63) is 64.5 Å². The van der Waals surface area contributed by atoms with Gasteiger partial charge in [-0.15, -0.1) is 0 Å². The first kappa shape index (κ1) is 26.0. The number of anilines is 1. The molecule has 2 aliphatic rings. The number of aryl methyl sites for hydroxylation is 2. The van der Waals surface area contributed by atoms with Crippen LogP contribution in [0.4, 0.5) is 10.1 Å². The van der Waals surface area contributed by atoms with Crippen molar-refractivity contribution < 1.29 is 22.1 Å². The van der Waals surface area contributed by atoms with Crippen molar-refractivity contribution in [2.24, 2.45) is 0 Å². The van der Waals surface area contributed by atoms with Crippen LogP contribution in [-0.4, -0.2) is 52.7 Å². The number of nitrogens with zero attached hydrogens (tertiary/aromatic N) is 5. The molecule has 204 valence electrons. The number of hydrogen-bond donors (Lipinski definition) is 0. The Bertz CT molecular complexity index is 1710. The van der Waals surface area contributed by atoms with Gasteiger partial charge < -0.3 is 14.0 Å². The highest BCUT2D eigenvalue weighted by atomic mass is 35.5. The largest absolute Gasteiger partial charge is 0.361 e. The molecule has 0 N–H and O–H groups in total. The van der Waals surface area contributed by atoms with Crippen LogP contribution in [0.15, 0.2) is 40.9 Å². The molecule has 2 atom stereocenters. The van der Waals surface area contributed by atoms with E-state index in [1.165, 1.54) is 22.7 Å². The van der Waals surface area contributed by atoms with Gasteiger partial charge in [0.1, 0.15) is 17.4 Å². The number of imidazole rings is 1. The molecule has 2 fully saturated rings. The second-order valence-electron chi connectivity index (χ2n) is 10.2. The normalized spacial score (nSPS) is 20.5. The smallest absolute Gasteiger partial charge is 0.227 e. The summed E-state index contributed by atoms with van der Waals surface area (Å²) >= 11 is 6.07. The maximum Gasteiger partial charge on any atom is 0.227 e. The molecule has 0 saturated carbocycles. The van der Waals surface area contributed by atoms with E-state index in [0.717, 1.165) is 27.9 Å². The Hall–Kier alpha value is -3.28. The van der Waals surface area contributed by atoms with Crippen molar-refractivity contribution in [1.29, 1.82) is 0 Å². The van der Waals surface area contributed by atoms with Gasteiger partial charge in [-0.2, -0.15) is 0 Å². The predicted octanol–water partition coefficient (Wildman–Crippen LogP) is 5.18. The first-order valence-corrected chi connectivity index (χ1v) is 14.9. The minimum Gasteiger partial charge on any atom is -0.361 e. The minimum absolute atomic E-state index is 0.0665. The van der Waals surface area contributed by atoms with Crippen LogP contribution >= 0.6 is 11.6 Å². The molecule has 4 aromatic rings. The van der Waals surface area contributed by atoms with Crippen molar-refractivity contribution in [1.82, 2.24) is 19.0 Å². The third-order valence-corrected chi connectivity index (χ3v) is 9.25. The van der Waals surface area contributed by atoms with E-state index >= 15 is 0 Å². The maximum atomic E-state index is 13.9. The SMILES string of the molecule is Cc1noc(C)c1-c1ccc2c(c1)nc([C@H]1CCC(=O)N1c1ccc(F)c(Cl)c1)n2[C@@H]1CCN(S(C)(=O)=O)C1. The van der Waals surface area contributed by atoms with E-state index in [-0.39, 0.29) is 17.0 Å². The molecule has 0 radical (unpaired) electrons. The lowest BCUT2D eigenvalue weighted by Gasteiger charge is -2.27. The Labute approximate surface area is 230 Å². The van der Waals surface area contributed by atoms with Gasteiger partial charge in [0, 0.05) is 30.8 Å². The standard InChI is InChI=1S/C27H27ClFN5O4S/c1-15-26(16(2)38-31-15)17-4-7-23-22(12-17)30-27(34(23)19-10-11-32(14-19)39(3,36)37)24-8-9-25(35)33(24)18-5-6-21(29)20(28)13-18/h4-7,12-13,19,24H,8-11,14H2,1-3H3/t19-,24-/m1/s1. The number of halogens is 2. The van der Waals surface area contributed by atoms with E-state index < -0.39 is 21.9 Å². The van der Waals surface area contributed by atoms with Crippen LogP contribution in [0.2, 0.25) is 5.02 Å². The van der Waals surface area contributed by atoms with E-state index in [4.69, 9.17) is 21.1 Å². The van der Waals surface area contributed by atoms with Crippen LogP contribution in [0.5, 0.6) is 0 Å². The van der Waals surface area contributed by atoms with Crippen molar-refractivity contribution in [3.63, 3.8) is 0 Å². The highest BCUT2D eigenvalue weighted by Crippen LogP contribution is 2.42. The van der Waals surface area contributed by atoms with Gasteiger partial charge in [0.15, 0.2) is 0 Å². The second-order valence-corrected chi connectivity index (χ2v) is 12.6. The van der Waals surface area contributed by atoms with E-state index in [0.29, 0.717) is 49.6 Å². The molecule has 2 saturated heterocycles. The summed E-state index contributed by atoms with van der Waals surface area (Å²) in [5.74, 6) is 0.691. The Morgan fingerprint density at radius 1 is 1.13 bits per heavy atom. The third kappa shape index (κ3) is 4.42. The first-order valence-electron chi connectivity index (χ1n) is 12.7. The quantitative estimate of drug-likeness (QED) is 0.327. The number of amides is 1. The van der Waals surface area contributed by atoms with Crippen molar-refractivity contribution in [3.8, 4) is 11.1 Å². The lowest BCUT2D eigenvalue weighted by Crippen LogP contribution is -2.31. The fourth-order valence-electron chi connectivity index (χ4n) is 5.90. The van der Waals surface area contributed by atoms with Crippen molar-refractivity contribution in [2.75, 3.05) is 24.2 Å². The summed E-state index contributed by atoms with van der Waals surface area (Å²) in [6.07, 6.45) is 2.64. The van der Waals surface area contributed by atoms with Gasteiger partial charge in [-0.05, 0) is 62.6 Å². The third-order valence-electron chi connectivity index (χ3n) is 7.69. The van der Waals surface area contributed by atoms with Gasteiger partial charge >= 0.3 is 0 Å². The molecule has 6 rings (SSSR count). The van der Waals surface area contributed by atoms with E-state index in [1.807, 2.05) is 32.0 Å². The number of sulfonamides is 1. The summed E-state index contributed by atoms with van der Waals surface area (Å²) in [5, 5.41) is 4.01. The minimum atomic E-state index is -3.36. The lowest BCUT2D eigenvalue weighted by molar-refractivity contribution is -0.117. The fraction of sp³-hybridized carbons (Fsp3) is 0.370. The van der Waals surface area contributed by atoms with Gasteiger partial charge in [-0.3, -0.25) is 4.79 Å². The number of benzene rings is 2. The highest BCUT2D eigenvalue weighted by molar-refractivity contribution is 7.88. The van der Waals surface area contributed by atoms with E-state index in [2.05, 4.69) is 9.72 Å². The number of fused-ring (bicyclic) bond motifs is 1. The van der Waals surface area contributed by atoms with Gasteiger partial charge in [0.2, 0.25) is 15.9 Å². The summed E-state index contributed by atoms with van der Waals surface area (Å²) in [6, 6.07) is 9.59. The van der Waals surface area contributed by atoms with Crippen LogP contribution in [0.1, 0.15) is 48.6 Å². The number of carbonyl (C=O) groups excluding carboxylic acids is 1. The molecule has 2 aliphatic heterocycles. The first-order chi connectivity index (χ1) is 18.5. The zero-order valence-corrected chi connectivity index (χ0v) is 23.3. The zero-order chi connectivity index (χ0) is 27.6. The number of carbonyl (C=O) groups is 1. The molecular formula is C27H27ClFN5O4S. The molecule has 0 spiro atoms. The molecule has 0 bridgehead atoms. The Kier molecular flexibility index (Phi) is 6.28. The van der Waals surface area contributed by atoms with Crippen LogP contribution in [0.25, 0.3) is 22.2 Å². The molecule has 12 heteroatoms. The van der Waals surface area contributed by atoms with E-state index in [9.17, 15) is 17.6 Å². The zero-order valence-electron chi connectivity index (χ0n) is 21.7. The topological polar surface area (TPSA) is 102 Å². The number of aromatic nitrogens is 3. The average Bonchev–Trinajstić information content (AvgIpc) is 3.65. The molecular weight excluding hydrogens is 545 g/mol. The summed E-state index contributed by atoms with van der Waals surface area (Å²) in [7, 11) is -3.36. The van der Waals surface area contributed by atoms with Crippen molar-refractivity contribution >= 4 is 44.3 Å². The van der Waals surface area contributed by atoms with Crippen molar-refractivity contribution in [2.45, 2.75) is 45.2 Å². The van der Waals surface area contributed by atoms with Gasteiger partial charge in [0.25, 0.3) is 0 Å². The van der Waals surface area contributed by atoms with Crippen LogP contribution in [0, 0.1) is 19.7 Å². The number of hydrogen-bond acceptors (Lipinski definition) is 6. The number of rotatable bonds is 5. The Morgan fingerprint density at radius 3 is 2.59 bits per heavy atom. The van der Waals surface area contributed by atoms with Crippen LogP contribution < -0.4 is 4.90 Å². The molecule has 2 aromatic carbocycles. The average molecular weight is 572 g/mol.